The molecule has 0 aromatic heterocycles. The number of carboxylic acids is 1. The van der Waals surface area contributed by atoms with Crippen LogP contribution in [0.15, 0.2) is 24.3 Å². The van der Waals surface area contributed by atoms with E-state index in [0.717, 1.165) is 38.2 Å². The van der Waals surface area contributed by atoms with Crippen LogP contribution in [0.2, 0.25) is 0 Å². The van der Waals surface area contributed by atoms with Gasteiger partial charge in [0.1, 0.15) is 0 Å². The maximum absolute atomic E-state index is 12.3. The molecule has 0 atom stereocenters. The van der Waals surface area contributed by atoms with E-state index >= 15 is 0 Å². The highest BCUT2D eigenvalue weighted by Gasteiger charge is 2.17. The molecule has 0 aliphatic carbocycles. The van der Waals surface area contributed by atoms with Crippen LogP contribution in [0, 0.1) is 0 Å². The molecule has 1 aliphatic rings. The molecule has 1 aromatic carbocycles. The number of nitrogens with zero attached hydrogens (tertiary/aromatic N) is 2. The molecule has 108 valence electrons. The Labute approximate surface area is 118 Å². The van der Waals surface area contributed by atoms with Gasteiger partial charge in [-0.3, -0.25) is 4.79 Å². The number of aromatic carboxylic acids is 1. The highest BCUT2D eigenvalue weighted by atomic mass is 16.4. The number of hydrogen-bond acceptors (Lipinski definition) is 3. The van der Waals surface area contributed by atoms with Gasteiger partial charge in [0.15, 0.2) is 0 Å². The Morgan fingerprint density at radius 3 is 2.75 bits per heavy atom. The van der Waals surface area contributed by atoms with E-state index in [2.05, 4.69) is 11.9 Å². The maximum Gasteiger partial charge on any atom is 0.335 e. The smallest absolute Gasteiger partial charge is 0.335 e. The van der Waals surface area contributed by atoms with Crippen molar-refractivity contribution in [3.63, 3.8) is 0 Å². The monoisotopic (exact) mass is 276 g/mol. The van der Waals surface area contributed by atoms with Crippen molar-refractivity contribution in [2.45, 2.75) is 12.8 Å². The van der Waals surface area contributed by atoms with E-state index < -0.39 is 5.97 Å². The second-order valence-electron chi connectivity index (χ2n) is 5.22. The molecule has 5 heteroatoms. The summed E-state index contributed by atoms with van der Waals surface area (Å²) in [6, 6.07) is 6.60. The van der Waals surface area contributed by atoms with E-state index in [0.29, 0.717) is 0 Å². The van der Waals surface area contributed by atoms with Gasteiger partial charge in [-0.25, -0.2) is 4.79 Å². The van der Waals surface area contributed by atoms with Gasteiger partial charge in [-0.05, 0) is 37.7 Å². The van der Waals surface area contributed by atoms with Gasteiger partial charge in [-0.2, -0.15) is 0 Å². The molecule has 0 radical (unpaired) electrons. The summed E-state index contributed by atoms with van der Waals surface area (Å²) in [5.74, 6) is -0.890. The average molecular weight is 276 g/mol. The molecule has 0 unspecified atom stereocenters. The lowest BCUT2D eigenvalue weighted by Gasteiger charge is -2.20. The van der Waals surface area contributed by atoms with Crippen LogP contribution in [0.1, 0.15) is 22.3 Å². The van der Waals surface area contributed by atoms with Gasteiger partial charge in [-0.1, -0.05) is 12.1 Å². The van der Waals surface area contributed by atoms with E-state index in [1.807, 2.05) is 4.90 Å². The van der Waals surface area contributed by atoms with Gasteiger partial charge >= 0.3 is 5.97 Å². The van der Waals surface area contributed by atoms with Gasteiger partial charge in [-0.15, -0.1) is 0 Å². The Hall–Kier alpha value is -1.88. The zero-order valence-corrected chi connectivity index (χ0v) is 11.7. The van der Waals surface area contributed by atoms with E-state index in [-0.39, 0.29) is 17.9 Å². The number of rotatable bonds is 3. The molecule has 1 saturated heterocycles. The van der Waals surface area contributed by atoms with Gasteiger partial charge in [0.05, 0.1) is 12.0 Å². The second-order valence-corrected chi connectivity index (χ2v) is 5.22. The molecular weight excluding hydrogens is 256 g/mol. The lowest BCUT2D eigenvalue weighted by Crippen LogP contribution is -2.35. The largest absolute Gasteiger partial charge is 0.478 e. The third-order valence-electron chi connectivity index (χ3n) is 3.60. The molecule has 1 N–H and O–H groups in total. The topological polar surface area (TPSA) is 60.9 Å². The number of hydrogen-bond donors (Lipinski definition) is 1. The highest BCUT2D eigenvalue weighted by Crippen LogP contribution is 2.09. The van der Waals surface area contributed by atoms with Crippen LogP contribution >= 0.6 is 0 Å². The van der Waals surface area contributed by atoms with Crippen LogP contribution in [0.5, 0.6) is 0 Å². The number of carbonyl (C=O) groups is 2. The first-order chi connectivity index (χ1) is 9.56. The second kappa shape index (κ2) is 6.52. The first-order valence-corrected chi connectivity index (χ1v) is 6.85. The summed E-state index contributed by atoms with van der Waals surface area (Å²) >= 11 is 0. The molecular formula is C15H20N2O3. The van der Waals surface area contributed by atoms with Crippen LogP contribution in [-0.4, -0.2) is 60.0 Å². The summed E-state index contributed by atoms with van der Waals surface area (Å²) in [6.45, 7) is 3.43. The molecule has 1 aromatic rings. The number of carboxylic acid groups (broad SMARTS) is 1. The summed E-state index contributed by atoms with van der Waals surface area (Å²) in [5.41, 5.74) is 0.985. The lowest BCUT2D eigenvalue weighted by molar-refractivity contribution is -0.130. The van der Waals surface area contributed by atoms with Gasteiger partial charge in [0, 0.05) is 19.6 Å². The van der Waals surface area contributed by atoms with Crippen molar-refractivity contribution < 1.29 is 14.7 Å². The Balaban J connectivity index is 2.00. The van der Waals surface area contributed by atoms with Crippen molar-refractivity contribution >= 4 is 11.9 Å². The Morgan fingerprint density at radius 1 is 1.20 bits per heavy atom. The fourth-order valence-electron chi connectivity index (χ4n) is 2.40. The molecule has 0 bridgehead atoms. The number of benzene rings is 1. The van der Waals surface area contributed by atoms with Crippen molar-refractivity contribution in [1.82, 2.24) is 9.80 Å². The van der Waals surface area contributed by atoms with Crippen molar-refractivity contribution in [2.75, 3.05) is 33.2 Å². The Morgan fingerprint density at radius 2 is 2.00 bits per heavy atom. The first-order valence-electron chi connectivity index (χ1n) is 6.85. The van der Waals surface area contributed by atoms with Crippen molar-refractivity contribution in [3.05, 3.63) is 35.4 Å². The lowest BCUT2D eigenvalue weighted by atomic mass is 10.1. The number of carbonyl (C=O) groups excluding carboxylic acids is 1. The first kappa shape index (κ1) is 14.5. The van der Waals surface area contributed by atoms with Crippen LogP contribution in [0.25, 0.3) is 0 Å². The summed E-state index contributed by atoms with van der Waals surface area (Å²) in [7, 11) is 2.06. The van der Waals surface area contributed by atoms with E-state index in [9.17, 15) is 9.59 Å². The number of likely N-dealkylation sites (N-methyl/N-ethyl adjacent to an activating group) is 1. The van der Waals surface area contributed by atoms with Crippen molar-refractivity contribution in [1.29, 1.82) is 0 Å². The summed E-state index contributed by atoms with van der Waals surface area (Å²) in [6.07, 6.45) is 1.25. The van der Waals surface area contributed by atoms with Gasteiger partial charge in [0.2, 0.25) is 5.91 Å². The molecule has 1 fully saturated rings. The fraction of sp³-hybridized carbons (Fsp3) is 0.467. The molecule has 0 saturated carbocycles. The number of amides is 1. The van der Waals surface area contributed by atoms with Crippen LogP contribution in [-0.2, 0) is 11.2 Å². The summed E-state index contributed by atoms with van der Waals surface area (Å²) in [5, 5.41) is 8.96. The molecule has 20 heavy (non-hydrogen) atoms. The predicted octanol–water partition coefficient (Wildman–Crippen LogP) is 1.09. The average Bonchev–Trinajstić information content (AvgIpc) is 2.64. The molecule has 0 spiro atoms. The molecule has 1 heterocycles. The minimum Gasteiger partial charge on any atom is -0.478 e. The van der Waals surface area contributed by atoms with Gasteiger partial charge in [0.25, 0.3) is 0 Å². The standard InChI is InChI=1S/C15H20N2O3/c1-16-6-3-7-17(9-8-16)14(18)11-12-4-2-5-13(10-12)15(19)20/h2,4-5,10H,3,6-9,11H2,1H3,(H,19,20). The SMILES string of the molecule is CN1CCCN(C(=O)Cc2cccc(C(=O)O)c2)CC1. The minimum absolute atomic E-state index is 0.0721. The predicted molar refractivity (Wildman–Crippen MR) is 75.8 cm³/mol. The third kappa shape index (κ3) is 3.81. The zero-order chi connectivity index (χ0) is 14.5. The fourth-order valence-corrected chi connectivity index (χ4v) is 2.40. The quantitative estimate of drug-likeness (QED) is 0.898. The third-order valence-corrected chi connectivity index (χ3v) is 3.60. The van der Waals surface area contributed by atoms with Crippen LogP contribution in [0.4, 0.5) is 0 Å². The Kier molecular flexibility index (Phi) is 4.74. The molecule has 1 amide bonds. The molecule has 1 aliphatic heterocycles. The highest BCUT2D eigenvalue weighted by molar-refractivity contribution is 5.88. The summed E-state index contributed by atoms with van der Waals surface area (Å²) < 4.78 is 0. The van der Waals surface area contributed by atoms with Crippen molar-refractivity contribution in [2.24, 2.45) is 0 Å². The van der Waals surface area contributed by atoms with Gasteiger partial charge < -0.3 is 14.9 Å². The van der Waals surface area contributed by atoms with Crippen LogP contribution in [0.3, 0.4) is 0 Å². The zero-order valence-electron chi connectivity index (χ0n) is 11.7. The van der Waals surface area contributed by atoms with E-state index in [1.54, 1.807) is 18.2 Å². The summed E-state index contributed by atoms with van der Waals surface area (Å²) in [4.78, 5) is 27.3. The van der Waals surface area contributed by atoms with Crippen LogP contribution < -0.4 is 0 Å². The maximum atomic E-state index is 12.3. The van der Waals surface area contributed by atoms with E-state index in [1.165, 1.54) is 6.07 Å². The normalized spacial score (nSPS) is 16.8. The minimum atomic E-state index is -0.962. The molecule has 5 nitrogen and oxygen atoms in total. The Bertz CT molecular complexity index is 502. The van der Waals surface area contributed by atoms with E-state index in [4.69, 9.17) is 5.11 Å². The molecule has 2 rings (SSSR count). The van der Waals surface area contributed by atoms with Crippen molar-refractivity contribution in [3.8, 4) is 0 Å².